The Morgan fingerprint density at radius 3 is 2.46 bits per heavy atom. The molecule has 0 amide bonds. The highest BCUT2D eigenvalue weighted by molar-refractivity contribution is 6.76. The Hall–Kier alpha value is 0.0600. The van der Waals surface area contributed by atoms with E-state index in [4.69, 9.17) is 69.6 Å². The molecular formula is C18H20Cl6N4. The van der Waals surface area contributed by atoms with Crippen molar-refractivity contribution in [2.24, 2.45) is 9.98 Å². The Morgan fingerprint density at radius 1 is 1.11 bits per heavy atom. The number of likely N-dealkylation sites (tertiary alicyclic amines) is 1. The summed E-state index contributed by atoms with van der Waals surface area (Å²) >= 11 is 36.2. The second-order valence-electron chi connectivity index (χ2n) is 7.00. The van der Waals surface area contributed by atoms with Gasteiger partial charge in [0, 0.05) is 18.2 Å². The van der Waals surface area contributed by atoms with Crippen LogP contribution in [-0.4, -0.2) is 51.9 Å². The van der Waals surface area contributed by atoms with Crippen molar-refractivity contribution in [1.82, 2.24) is 9.80 Å². The van der Waals surface area contributed by atoms with E-state index in [2.05, 4.69) is 21.9 Å². The molecule has 1 saturated heterocycles. The fraction of sp³-hybridized carbons (Fsp3) is 0.556. The van der Waals surface area contributed by atoms with Crippen LogP contribution in [0.15, 0.2) is 34.3 Å². The van der Waals surface area contributed by atoms with Crippen LogP contribution < -0.4 is 0 Å². The minimum absolute atomic E-state index is 0.135. The van der Waals surface area contributed by atoms with E-state index in [1.165, 1.54) is 12.8 Å². The molecule has 1 aromatic rings. The molecule has 0 aliphatic carbocycles. The summed E-state index contributed by atoms with van der Waals surface area (Å²) in [5, 5.41) is 0. The normalized spacial score (nSPS) is 24.0. The molecule has 0 saturated carbocycles. The van der Waals surface area contributed by atoms with Gasteiger partial charge in [-0.25, -0.2) is 9.98 Å². The Labute approximate surface area is 195 Å². The molecule has 0 bridgehead atoms. The van der Waals surface area contributed by atoms with Gasteiger partial charge >= 0.3 is 0 Å². The lowest BCUT2D eigenvalue weighted by atomic mass is 10.1. The second kappa shape index (κ2) is 9.05. The summed E-state index contributed by atoms with van der Waals surface area (Å²) in [6.07, 6.45) is 4.67. The minimum atomic E-state index is -1.71. The molecule has 0 N–H and O–H groups in total. The van der Waals surface area contributed by atoms with E-state index >= 15 is 0 Å². The lowest BCUT2D eigenvalue weighted by Gasteiger charge is -2.33. The summed E-state index contributed by atoms with van der Waals surface area (Å²) in [7, 11) is 2.16. The van der Waals surface area contributed by atoms with Crippen LogP contribution >= 0.6 is 69.6 Å². The zero-order chi connectivity index (χ0) is 20.5. The predicted octanol–water partition coefficient (Wildman–Crippen LogP) is 6.11. The number of aliphatic imine (C=N–C) groups is 2. The fourth-order valence-corrected chi connectivity index (χ4v) is 4.17. The summed E-state index contributed by atoms with van der Waals surface area (Å²) in [4.78, 5) is 13.3. The van der Waals surface area contributed by atoms with Crippen LogP contribution in [0.2, 0.25) is 0 Å². The van der Waals surface area contributed by atoms with Gasteiger partial charge in [0.1, 0.15) is 6.17 Å². The summed E-state index contributed by atoms with van der Waals surface area (Å²) in [6.45, 7) is 1.89. The Balaban J connectivity index is 1.87. The van der Waals surface area contributed by atoms with Gasteiger partial charge in [0.25, 0.3) is 0 Å². The molecule has 2 heterocycles. The molecule has 154 valence electrons. The number of alkyl halides is 6. The van der Waals surface area contributed by atoms with Crippen LogP contribution in [0.25, 0.3) is 0 Å². The van der Waals surface area contributed by atoms with Crippen molar-refractivity contribution in [3.8, 4) is 0 Å². The third-order valence-corrected chi connectivity index (χ3v) is 6.21. The van der Waals surface area contributed by atoms with Crippen LogP contribution in [0.4, 0.5) is 0 Å². The highest BCUT2D eigenvalue weighted by atomic mass is 35.6. The van der Waals surface area contributed by atoms with Crippen LogP contribution in [0, 0.1) is 0 Å². The number of hydrogen-bond acceptors (Lipinski definition) is 4. The lowest BCUT2D eigenvalue weighted by molar-refractivity contribution is 0.250. The van der Waals surface area contributed by atoms with Gasteiger partial charge in [-0.2, -0.15) is 0 Å². The highest BCUT2D eigenvalue weighted by Gasteiger charge is 2.34. The maximum Gasteiger partial charge on any atom is 0.249 e. The molecule has 1 fully saturated rings. The molecule has 3 rings (SSSR count). The van der Waals surface area contributed by atoms with Crippen molar-refractivity contribution in [3.63, 3.8) is 0 Å². The van der Waals surface area contributed by atoms with E-state index < -0.39 is 13.8 Å². The number of rotatable bonds is 4. The molecule has 2 aliphatic rings. The molecule has 0 aromatic heterocycles. The Bertz CT molecular complexity index is 755. The van der Waals surface area contributed by atoms with Gasteiger partial charge in [-0.3, -0.25) is 0 Å². The Morgan fingerprint density at radius 2 is 1.86 bits per heavy atom. The summed E-state index contributed by atoms with van der Waals surface area (Å²) in [5.74, 6) is 0.135. The smallest absolute Gasteiger partial charge is 0.249 e. The average molecular weight is 505 g/mol. The maximum absolute atomic E-state index is 6.06. The first-order chi connectivity index (χ1) is 13.1. The van der Waals surface area contributed by atoms with Gasteiger partial charge in [-0.15, -0.1) is 0 Å². The molecular weight excluding hydrogens is 485 g/mol. The fourth-order valence-electron chi connectivity index (χ4n) is 3.53. The van der Waals surface area contributed by atoms with Gasteiger partial charge in [-0.1, -0.05) is 87.8 Å². The monoisotopic (exact) mass is 502 g/mol. The third kappa shape index (κ3) is 5.60. The molecule has 1 aromatic carbocycles. The van der Waals surface area contributed by atoms with Crippen molar-refractivity contribution in [3.05, 3.63) is 35.4 Å². The molecule has 4 nitrogen and oxygen atoms in total. The SMILES string of the molecule is CN1CCCC1CCN1C=NC(C(Cl)(Cl)Cl)=NC1c1cccc(C(Cl)(Cl)Cl)c1. The summed E-state index contributed by atoms with van der Waals surface area (Å²) < 4.78 is -3.24. The van der Waals surface area contributed by atoms with Crippen LogP contribution in [0.5, 0.6) is 0 Å². The van der Waals surface area contributed by atoms with E-state index in [1.807, 2.05) is 23.1 Å². The first-order valence-corrected chi connectivity index (χ1v) is 11.1. The number of hydrogen-bond donors (Lipinski definition) is 0. The van der Waals surface area contributed by atoms with Crippen LogP contribution in [0.3, 0.4) is 0 Å². The van der Waals surface area contributed by atoms with Crippen molar-refractivity contribution in [2.75, 3.05) is 20.1 Å². The molecule has 0 spiro atoms. The summed E-state index contributed by atoms with van der Waals surface area (Å²) in [5.41, 5.74) is 1.39. The van der Waals surface area contributed by atoms with Crippen LogP contribution in [-0.2, 0) is 3.79 Å². The number of nitrogens with zero attached hydrogens (tertiary/aromatic N) is 4. The largest absolute Gasteiger partial charge is 0.337 e. The third-order valence-electron chi connectivity index (χ3n) is 5.04. The van der Waals surface area contributed by atoms with Crippen molar-refractivity contribution < 1.29 is 0 Å². The molecule has 28 heavy (non-hydrogen) atoms. The molecule has 10 heteroatoms. The lowest BCUT2D eigenvalue weighted by Crippen LogP contribution is -2.37. The predicted molar refractivity (Wildman–Crippen MR) is 122 cm³/mol. The van der Waals surface area contributed by atoms with E-state index in [9.17, 15) is 0 Å². The van der Waals surface area contributed by atoms with Gasteiger partial charge in [0.05, 0.1) is 6.34 Å². The quantitative estimate of drug-likeness (QED) is 0.463. The van der Waals surface area contributed by atoms with Gasteiger partial charge in [0.15, 0.2) is 5.84 Å². The van der Waals surface area contributed by atoms with Crippen LogP contribution in [0.1, 0.15) is 36.6 Å². The maximum atomic E-state index is 6.06. The standard InChI is InChI=1S/C18H20Cl6N4/c1-27-8-3-6-14(27)7-9-28-11-25-16(18(22,23)24)26-15(28)12-4-2-5-13(10-12)17(19,20)21/h2,4-5,10-11,14-15H,3,6-9H2,1H3. The van der Waals surface area contributed by atoms with E-state index in [-0.39, 0.29) is 5.84 Å². The molecule has 2 aliphatic heterocycles. The topological polar surface area (TPSA) is 31.2 Å². The van der Waals surface area contributed by atoms with E-state index in [1.54, 1.807) is 12.4 Å². The first-order valence-electron chi connectivity index (χ1n) is 8.88. The Kier molecular flexibility index (Phi) is 7.35. The number of halogens is 6. The summed E-state index contributed by atoms with van der Waals surface area (Å²) in [6, 6.07) is 7.85. The zero-order valence-corrected chi connectivity index (χ0v) is 19.7. The average Bonchev–Trinajstić information content (AvgIpc) is 3.03. The van der Waals surface area contributed by atoms with Gasteiger partial charge in [0.2, 0.25) is 7.59 Å². The van der Waals surface area contributed by atoms with Crippen molar-refractivity contribution >= 4 is 81.8 Å². The number of amidine groups is 1. The van der Waals surface area contributed by atoms with E-state index in [0.29, 0.717) is 11.6 Å². The van der Waals surface area contributed by atoms with Gasteiger partial charge in [-0.05, 0) is 44.5 Å². The van der Waals surface area contributed by atoms with E-state index in [0.717, 1.165) is 25.1 Å². The second-order valence-corrected chi connectivity index (χ2v) is 11.6. The number of benzene rings is 1. The van der Waals surface area contributed by atoms with Crippen molar-refractivity contribution in [2.45, 2.75) is 39.1 Å². The first kappa shape index (κ1) is 22.7. The van der Waals surface area contributed by atoms with Gasteiger partial charge < -0.3 is 9.80 Å². The zero-order valence-electron chi connectivity index (χ0n) is 15.1. The highest BCUT2D eigenvalue weighted by Crippen LogP contribution is 2.40. The molecule has 2 unspecified atom stereocenters. The minimum Gasteiger partial charge on any atom is -0.337 e. The molecule has 0 radical (unpaired) electrons. The molecule has 2 atom stereocenters. The van der Waals surface area contributed by atoms with Crippen molar-refractivity contribution in [1.29, 1.82) is 0 Å².